The highest BCUT2D eigenvalue weighted by atomic mass is 16.7. The predicted molar refractivity (Wildman–Crippen MR) is 54.6 cm³/mol. The van der Waals surface area contributed by atoms with Crippen LogP contribution in [0.3, 0.4) is 0 Å². The molecule has 0 bridgehead atoms. The van der Waals surface area contributed by atoms with Crippen molar-refractivity contribution in [3.8, 4) is 6.07 Å². The molecule has 0 aliphatic carbocycles. The summed E-state index contributed by atoms with van der Waals surface area (Å²) < 4.78 is 9.48. The van der Waals surface area contributed by atoms with Gasteiger partial charge >= 0.3 is 11.9 Å². The Balaban J connectivity index is 2.75. The number of cyclic esters (lactones) is 2. The van der Waals surface area contributed by atoms with E-state index in [9.17, 15) is 19.2 Å². The number of ketones is 2. The van der Waals surface area contributed by atoms with Crippen molar-refractivity contribution in [1.82, 2.24) is 0 Å². The van der Waals surface area contributed by atoms with E-state index in [1.54, 1.807) is 6.07 Å². The van der Waals surface area contributed by atoms with E-state index < -0.39 is 48.1 Å². The molecule has 96 valence electrons. The van der Waals surface area contributed by atoms with E-state index in [1.165, 1.54) is 13.8 Å². The second kappa shape index (κ2) is 4.96. The molecule has 0 unspecified atom stereocenters. The summed E-state index contributed by atoms with van der Waals surface area (Å²) in [4.78, 5) is 45.6. The van der Waals surface area contributed by atoms with Crippen LogP contribution < -0.4 is 0 Å². The van der Waals surface area contributed by atoms with Gasteiger partial charge in [-0.05, 0) is 0 Å². The van der Waals surface area contributed by atoms with Crippen molar-refractivity contribution in [2.75, 3.05) is 0 Å². The molecule has 0 aromatic rings. The lowest BCUT2D eigenvalue weighted by molar-refractivity contribution is -0.238. The zero-order chi connectivity index (χ0) is 13.9. The minimum Gasteiger partial charge on any atom is -0.422 e. The Morgan fingerprint density at radius 2 is 1.78 bits per heavy atom. The molecular formula is C11H11NO6. The number of hydrogen-bond donors (Lipinski definition) is 0. The zero-order valence-electron chi connectivity index (χ0n) is 9.89. The summed E-state index contributed by atoms with van der Waals surface area (Å²) in [5.74, 6) is -6.80. The molecule has 0 atom stereocenters. The molecule has 0 aromatic heterocycles. The number of hydrogen-bond acceptors (Lipinski definition) is 7. The van der Waals surface area contributed by atoms with Crippen LogP contribution >= 0.6 is 0 Å². The van der Waals surface area contributed by atoms with E-state index in [-0.39, 0.29) is 0 Å². The highest BCUT2D eigenvalue weighted by Gasteiger charge is 2.47. The smallest absolute Gasteiger partial charge is 0.331 e. The van der Waals surface area contributed by atoms with E-state index in [0.29, 0.717) is 0 Å². The summed E-state index contributed by atoms with van der Waals surface area (Å²) in [6, 6.07) is 1.58. The number of esters is 2. The van der Waals surface area contributed by atoms with Crippen molar-refractivity contribution < 1.29 is 28.7 Å². The maximum Gasteiger partial charge on any atom is 0.331 e. The van der Waals surface area contributed by atoms with Crippen LogP contribution in [0.4, 0.5) is 0 Å². The van der Waals surface area contributed by atoms with Gasteiger partial charge in [-0.1, -0.05) is 0 Å². The molecule has 0 amide bonds. The number of nitriles is 1. The van der Waals surface area contributed by atoms with Crippen LogP contribution in [-0.4, -0.2) is 29.3 Å². The third-order valence-corrected chi connectivity index (χ3v) is 2.13. The van der Waals surface area contributed by atoms with Crippen molar-refractivity contribution in [2.45, 2.75) is 32.5 Å². The SMILES string of the molecule is CC1(C)OC(=O)C(C(=O)CC(=O)CC#N)C(=O)O1. The Morgan fingerprint density at radius 1 is 1.28 bits per heavy atom. The molecule has 7 heteroatoms. The first-order valence-corrected chi connectivity index (χ1v) is 5.14. The van der Waals surface area contributed by atoms with Gasteiger partial charge in [-0.25, -0.2) is 0 Å². The normalized spacial score (nSPS) is 18.5. The summed E-state index contributed by atoms with van der Waals surface area (Å²) in [7, 11) is 0. The molecule has 1 aliphatic rings. The molecule has 1 rings (SSSR count). The van der Waals surface area contributed by atoms with Crippen LogP contribution in [0.1, 0.15) is 26.7 Å². The lowest BCUT2D eigenvalue weighted by atomic mass is 9.98. The van der Waals surface area contributed by atoms with Gasteiger partial charge in [-0.3, -0.25) is 19.2 Å². The van der Waals surface area contributed by atoms with Crippen molar-refractivity contribution in [3.63, 3.8) is 0 Å². The monoisotopic (exact) mass is 253 g/mol. The fraction of sp³-hybridized carbons (Fsp3) is 0.545. The molecule has 0 radical (unpaired) electrons. The van der Waals surface area contributed by atoms with Gasteiger partial charge in [0.05, 0.1) is 18.9 Å². The van der Waals surface area contributed by atoms with Crippen molar-refractivity contribution in [3.05, 3.63) is 0 Å². The van der Waals surface area contributed by atoms with E-state index in [4.69, 9.17) is 14.7 Å². The van der Waals surface area contributed by atoms with Gasteiger partial charge in [0, 0.05) is 13.8 Å². The van der Waals surface area contributed by atoms with Crippen LogP contribution in [0.5, 0.6) is 0 Å². The van der Waals surface area contributed by atoms with Gasteiger partial charge in [0.2, 0.25) is 5.92 Å². The Morgan fingerprint density at radius 3 is 2.22 bits per heavy atom. The van der Waals surface area contributed by atoms with E-state index >= 15 is 0 Å². The predicted octanol–water partition coefficient (Wildman–Crippen LogP) is -0.119. The molecule has 0 spiro atoms. The fourth-order valence-electron chi connectivity index (χ4n) is 1.43. The molecule has 1 saturated heterocycles. The Kier molecular flexibility index (Phi) is 3.81. The van der Waals surface area contributed by atoms with Crippen LogP contribution in [-0.2, 0) is 28.7 Å². The van der Waals surface area contributed by atoms with Gasteiger partial charge < -0.3 is 9.47 Å². The van der Waals surface area contributed by atoms with Gasteiger partial charge in [0.25, 0.3) is 5.79 Å². The van der Waals surface area contributed by atoms with Crippen LogP contribution in [0, 0.1) is 17.2 Å². The number of ether oxygens (including phenoxy) is 2. The first kappa shape index (κ1) is 13.8. The minimum atomic E-state index is -1.74. The third kappa shape index (κ3) is 3.13. The highest BCUT2D eigenvalue weighted by molar-refractivity contribution is 6.19. The number of rotatable bonds is 4. The van der Waals surface area contributed by atoms with Gasteiger partial charge in [0.15, 0.2) is 11.6 Å². The molecule has 0 N–H and O–H groups in total. The Hall–Kier alpha value is -2.23. The standard InChI is InChI=1S/C11H11NO6/c1-11(2)17-9(15)8(10(16)18-11)7(14)5-6(13)3-4-12/h8H,3,5H2,1-2H3. The van der Waals surface area contributed by atoms with Crippen molar-refractivity contribution in [2.24, 2.45) is 5.92 Å². The number of carbonyl (C=O) groups is 4. The third-order valence-electron chi connectivity index (χ3n) is 2.13. The van der Waals surface area contributed by atoms with Gasteiger partial charge in [-0.15, -0.1) is 0 Å². The highest BCUT2D eigenvalue weighted by Crippen LogP contribution is 2.24. The first-order valence-electron chi connectivity index (χ1n) is 5.14. The summed E-state index contributed by atoms with van der Waals surface area (Å²) in [6.07, 6.45) is -1.11. The van der Waals surface area contributed by atoms with Crippen molar-refractivity contribution in [1.29, 1.82) is 5.26 Å². The van der Waals surface area contributed by atoms with Crippen LogP contribution in [0.25, 0.3) is 0 Å². The second-order valence-electron chi connectivity index (χ2n) is 4.19. The number of Topliss-reactive ketones (excluding diaryl/α,β-unsaturated/α-hetero) is 2. The van der Waals surface area contributed by atoms with Crippen LogP contribution in [0.15, 0.2) is 0 Å². The van der Waals surface area contributed by atoms with E-state index in [1.807, 2.05) is 0 Å². The summed E-state index contributed by atoms with van der Waals surface area (Å²) in [6.45, 7) is 2.70. The molecule has 0 saturated carbocycles. The lowest BCUT2D eigenvalue weighted by Gasteiger charge is -2.32. The summed E-state index contributed by atoms with van der Waals surface area (Å²) in [5, 5.41) is 8.27. The average molecular weight is 253 g/mol. The fourth-order valence-corrected chi connectivity index (χ4v) is 1.43. The molecule has 1 heterocycles. The molecule has 0 aromatic carbocycles. The molecule has 18 heavy (non-hydrogen) atoms. The van der Waals surface area contributed by atoms with Crippen LogP contribution in [0.2, 0.25) is 0 Å². The number of carbonyl (C=O) groups excluding carboxylic acids is 4. The summed E-state index contributed by atoms with van der Waals surface area (Å²) >= 11 is 0. The lowest BCUT2D eigenvalue weighted by Crippen LogP contribution is -2.49. The number of nitrogens with zero attached hydrogens (tertiary/aromatic N) is 1. The minimum absolute atomic E-state index is 0.450. The maximum atomic E-state index is 11.6. The molecule has 1 aliphatic heterocycles. The van der Waals surface area contributed by atoms with Crippen molar-refractivity contribution >= 4 is 23.5 Å². The first-order chi connectivity index (χ1) is 8.26. The molecule has 1 fully saturated rings. The second-order valence-corrected chi connectivity index (χ2v) is 4.19. The van der Waals surface area contributed by atoms with E-state index in [0.717, 1.165) is 0 Å². The Labute approximate surface area is 103 Å². The topological polar surface area (TPSA) is 111 Å². The quantitative estimate of drug-likeness (QED) is 0.507. The van der Waals surface area contributed by atoms with Gasteiger partial charge in [0.1, 0.15) is 0 Å². The molecular weight excluding hydrogens is 242 g/mol. The largest absolute Gasteiger partial charge is 0.422 e. The Bertz CT molecular complexity index is 439. The molecule has 7 nitrogen and oxygen atoms in total. The van der Waals surface area contributed by atoms with Gasteiger partial charge in [-0.2, -0.15) is 5.26 Å². The maximum absolute atomic E-state index is 11.6. The van der Waals surface area contributed by atoms with E-state index in [2.05, 4.69) is 0 Å². The summed E-state index contributed by atoms with van der Waals surface area (Å²) in [5.41, 5.74) is 0. The zero-order valence-corrected chi connectivity index (χ0v) is 9.89. The average Bonchev–Trinajstić information content (AvgIpc) is 2.13.